The van der Waals surface area contributed by atoms with Crippen LogP contribution in [0.15, 0.2) is 35.1 Å². The van der Waals surface area contributed by atoms with E-state index in [1.54, 1.807) is 18.1 Å². The maximum atomic E-state index is 11.1. The molecule has 0 saturated heterocycles. The highest BCUT2D eigenvalue weighted by Crippen LogP contribution is 2.29. The number of anilines is 1. The van der Waals surface area contributed by atoms with E-state index in [0.29, 0.717) is 17.4 Å². The first kappa shape index (κ1) is 19.1. The summed E-state index contributed by atoms with van der Waals surface area (Å²) in [6.45, 7) is 3.85. The lowest BCUT2D eigenvalue weighted by Crippen LogP contribution is -2.04. The minimum absolute atomic E-state index is 0.147. The Hall–Kier alpha value is -2.67. The van der Waals surface area contributed by atoms with E-state index < -0.39 is 0 Å². The Morgan fingerprint density at radius 2 is 2.26 bits per heavy atom. The number of nitrogens with two attached hydrogens (primary N) is 1. The molecule has 138 valence electrons. The molecule has 0 fully saturated rings. The van der Waals surface area contributed by atoms with Gasteiger partial charge in [-0.05, 0) is 36.1 Å². The van der Waals surface area contributed by atoms with Crippen molar-refractivity contribution < 1.29 is 4.79 Å². The number of aromatic nitrogens is 4. The SMILES string of the molecule is CC(=O)Nc1nnc(SCc2ccc(-n3cnc(C#CCN)c3)cc2C)s1. The van der Waals surface area contributed by atoms with E-state index in [0.717, 1.165) is 15.8 Å². The lowest BCUT2D eigenvalue weighted by atomic mass is 10.1. The number of nitrogens with one attached hydrogen (secondary N) is 1. The highest BCUT2D eigenvalue weighted by Gasteiger charge is 2.08. The van der Waals surface area contributed by atoms with Gasteiger partial charge in [-0.15, -0.1) is 10.2 Å². The predicted molar refractivity (Wildman–Crippen MR) is 108 cm³/mol. The number of aryl methyl sites for hydroxylation is 1. The van der Waals surface area contributed by atoms with Crippen molar-refractivity contribution in [1.82, 2.24) is 19.7 Å². The fourth-order valence-corrected chi connectivity index (χ4v) is 4.16. The van der Waals surface area contributed by atoms with Crippen LogP contribution < -0.4 is 11.1 Å². The van der Waals surface area contributed by atoms with Crippen LogP contribution in [0.4, 0.5) is 5.13 Å². The van der Waals surface area contributed by atoms with Gasteiger partial charge in [0.15, 0.2) is 4.34 Å². The number of thioether (sulfide) groups is 1. The van der Waals surface area contributed by atoms with E-state index >= 15 is 0 Å². The van der Waals surface area contributed by atoms with E-state index in [1.807, 2.05) is 16.8 Å². The molecule has 0 spiro atoms. The fourth-order valence-electron chi connectivity index (χ4n) is 2.28. The Kier molecular flexibility index (Phi) is 6.24. The van der Waals surface area contributed by atoms with Gasteiger partial charge < -0.3 is 15.6 Å². The van der Waals surface area contributed by atoms with Gasteiger partial charge in [-0.25, -0.2) is 4.98 Å². The van der Waals surface area contributed by atoms with Gasteiger partial charge in [0.2, 0.25) is 11.0 Å². The Morgan fingerprint density at radius 3 is 3.00 bits per heavy atom. The third-order valence-corrected chi connectivity index (χ3v) is 5.59. The molecule has 3 aromatic rings. The summed E-state index contributed by atoms with van der Waals surface area (Å²) in [6, 6.07) is 6.26. The maximum absolute atomic E-state index is 11.1. The Morgan fingerprint density at radius 1 is 1.41 bits per heavy atom. The number of hydrogen-bond donors (Lipinski definition) is 2. The normalized spacial score (nSPS) is 10.3. The molecular formula is C18H18N6OS2. The van der Waals surface area contributed by atoms with Gasteiger partial charge in [-0.1, -0.05) is 35.1 Å². The van der Waals surface area contributed by atoms with Crippen LogP contribution in [0.2, 0.25) is 0 Å². The van der Waals surface area contributed by atoms with Gasteiger partial charge in [-0.3, -0.25) is 4.79 Å². The third-order valence-electron chi connectivity index (χ3n) is 3.57. The Labute approximate surface area is 165 Å². The summed E-state index contributed by atoms with van der Waals surface area (Å²) in [5.41, 5.74) is 9.50. The number of carbonyl (C=O) groups is 1. The van der Waals surface area contributed by atoms with Crippen molar-refractivity contribution in [3.63, 3.8) is 0 Å². The molecule has 0 atom stereocenters. The highest BCUT2D eigenvalue weighted by atomic mass is 32.2. The first-order valence-electron chi connectivity index (χ1n) is 8.12. The number of benzene rings is 1. The fraction of sp³-hybridized carbons (Fsp3) is 0.222. The number of rotatable bonds is 5. The summed E-state index contributed by atoms with van der Waals surface area (Å²) in [5.74, 6) is 6.35. The summed E-state index contributed by atoms with van der Waals surface area (Å²) in [4.78, 5) is 15.3. The lowest BCUT2D eigenvalue weighted by molar-refractivity contribution is -0.114. The van der Waals surface area contributed by atoms with Crippen LogP contribution in [-0.4, -0.2) is 32.2 Å². The van der Waals surface area contributed by atoms with Crippen molar-refractivity contribution in [2.24, 2.45) is 5.73 Å². The van der Waals surface area contributed by atoms with Crippen molar-refractivity contribution in [1.29, 1.82) is 0 Å². The van der Waals surface area contributed by atoms with E-state index in [-0.39, 0.29) is 5.91 Å². The van der Waals surface area contributed by atoms with Crippen molar-refractivity contribution in [3.05, 3.63) is 47.5 Å². The van der Waals surface area contributed by atoms with E-state index in [4.69, 9.17) is 5.73 Å². The summed E-state index contributed by atoms with van der Waals surface area (Å²) >= 11 is 2.96. The van der Waals surface area contributed by atoms with Crippen LogP contribution in [0.5, 0.6) is 0 Å². The number of amides is 1. The topological polar surface area (TPSA) is 98.7 Å². The zero-order valence-corrected chi connectivity index (χ0v) is 16.5. The molecule has 0 aliphatic carbocycles. The summed E-state index contributed by atoms with van der Waals surface area (Å²) in [6.07, 6.45) is 3.63. The smallest absolute Gasteiger partial charge is 0.223 e. The molecule has 27 heavy (non-hydrogen) atoms. The van der Waals surface area contributed by atoms with Crippen molar-refractivity contribution in [3.8, 4) is 17.5 Å². The summed E-state index contributed by atoms with van der Waals surface area (Å²) in [5, 5.41) is 11.2. The second-order valence-electron chi connectivity index (χ2n) is 5.63. The third kappa shape index (κ3) is 5.17. The van der Waals surface area contributed by atoms with Gasteiger partial charge >= 0.3 is 0 Å². The summed E-state index contributed by atoms with van der Waals surface area (Å²) in [7, 11) is 0. The molecule has 0 aliphatic rings. The van der Waals surface area contributed by atoms with E-state index in [2.05, 4.69) is 51.4 Å². The van der Waals surface area contributed by atoms with Crippen LogP contribution in [0.1, 0.15) is 23.7 Å². The molecule has 1 amide bonds. The van der Waals surface area contributed by atoms with Crippen LogP contribution in [0.25, 0.3) is 5.69 Å². The van der Waals surface area contributed by atoms with E-state index in [9.17, 15) is 4.79 Å². The van der Waals surface area contributed by atoms with E-state index in [1.165, 1.54) is 29.4 Å². The molecule has 9 heteroatoms. The highest BCUT2D eigenvalue weighted by molar-refractivity contribution is 8.00. The minimum Gasteiger partial charge on any atom is -0.320 e. The van der Waals surface area contributed by atoms with Crippen LogP contribution in [-0.2, 0) is 10.5 Å². The van der Waals surface area contributed by atoms with Gasteiger partial charge in [0.1, 0.15) is 12.0 Å². The number of nitrogens with zero attached hydrogens (tertiary/aromatic N) is 4. The van der Waals surface area contributed by atoms with Gasteiger partial charge in [-0.2, -0.15) is 0 Å². The largest absolute Gasteiger partial charge is 0.320 e. The predicted octanol–water partition coefficient (Wildman–Crippen LogP) is 2.59. The average molecular weight is 399 g/mol. The van der Waals surface area contributed by atoms with Crippen molar-refractivity contribution in [2.45, 2.75) is 23.9 Å². The van der Waals surface area contributed by atoms with Crippen molar-refractivity contribution in [2.75, 3.05) is 11.9 Å². The summed E-state index contributed by atoms with van der Waals surface area (Å²) < 4.78 is 2.76. The molecule has 2 aromatic heterocycles. The Bertz CT molecular complexity index is 1010. The standard InChI is InChI=1S/C18H18N6OS2/c1-12-8-16(24-9-15(20-11-24)4-3-7-19)6-5-14(12)10-26-18-23-22-17(27-18)21-13(2)25/h5-6,8-9,11H,7,10,19H2,1-2H3,(H,21,22,25). The Balaban J connectivity index is 1.67. The molecule has 0 aliphatic heterocycles. The van der Waals surface area contributed by atoms with Gasteiger partial charge in [0.25, 0.3) is 0 Å². The minimum atomic E-state index is -0.147. The molecule has 0 saturated carbocycles. The zero-order chi connectivity index (χ0) is 19.2. The van der Waals surface area contributed by atoms with Crippen LogP contribution in [0, 0.1) is 18.8 Å². The second-order valence-corrected chi connectivity index (χ2v) is 7.83. The number of carbonyl (C=O) groups excluding carboxylic acids is 1. The van der Waals surface area contributed by atoms with Gasteiger partial charge in [0.05, 0.1) is 6.54 Å². The molecule has 0 radical (unpaired) electrons. The monoisotopic (exact) mass is 398 g/mol. The number of imidazole rings is 1. The number of hydrogen-bond acceptors (Lipinski definition) is 7. The van der Waals surface area contributed by atoms with Crippen molar-refractivity contribution >= 4 is 34.1 Å². The second kappa shape index (κ2) is 8.81. The zero-order valence-electron chi connectivity index (χ0n) is 14.9. The molecule has 7 nitrogen and oxygen atoms in total. The lowest BCUT2D eigenvalue weighted by Gasteiger charge is -2.08. The molecule has 3 rings (SSSR count). The quantitative estimate of drug-likeness (QED) is 0.389. The molecule has 1 aromatic carbocycles. The molecular weight excluding hydrogens is 380 g/mol. The first-order valence-corrected chi connectivity index (χ1v) is 9.92. The molecule has 0 unspecified atom stereocenters. The molecule has 2 heterocycles. The van der Waals surface area contributed by atoms with Crippen LogP contribution in [0.3, 0.4) is 0 Å². The molecule has 0 bridgehead atoms. The maximum Gasteiger partial charge on any atom is 0.223 e. The molecule has 3 N–H and O–H groups in total. The average Bonchev–Trinajstić information content (AvgIpc) is 3.28. The van der Waals surface area contributed by atoms with Crippen LogP contribution >= 0.6 is 23.1 Å². The first-order chi connectivity index (χ1) is 13.0. The van der Waals surface area contributed by atoms with Gasteiger partial charge in [0, 0.05) is 24.6 Å².